The zero-order valence-corrected chi connectivity index (χ0v) is 20.3. The lowest BCUT2D eigenvalue weighted by Crippen LogP contribution is -2.67. The smallest absolute Gasteiger partial charge is 0.354 e. The summed E-state index contributed by atoms with van der Waals surface area (Å²) < 4.78 is 31.2. The van der Waals surface area contributed by atoms with Crippen LogP contribution in [-0.2, 0) is 57.2 Å². The molecular weight excluding hydrogens is 482 g/mol. The van der Waals surface area contributed by atoms with Gasteiger partial charge in [-0.05, 0) is 0 Å². The maximum Gasteiger partial charge on any atom is 0.354 e. The van der Waals surface area contributed by atoms with Crippen LogP contribution in [0.2, 0.25) is 0 Å². The third-order valence-corrected chi connectivity index (χ3v) is 4.88. The molecule has 1 N–H and O–H groups in total. The zero-order valence-electron chi connectivity index (χ0n) is 19.6. The van der Waals surface area contributed by atoms with Gasteiger partial charge >= 0.3 is 29.8 Å². The normalized spacial score (nSPS) is 25.7. The predicted octanol–water partition coefficient (Wildman–Crippen LogP) is -0.254. The minimum atomic E-state index is -2.24. The Bertz CT molecular complexity index is 817. The molecule has 1 aliphatic rings. The summed E-state index contributed by atoms with van der Waals surface area (Å²) in [5, 5.41) is 0.276. The average molecular weight is 510 g/mol. The van der Waals surface area contributed by atoms with Crippen LogP contribution < -0.4 is 5.32 Å². The fourth-order valence-corrected chi connectivity index (χ4v) is 3.71. The maximum absolute atomic E-state index is 12.4. The van der Waals surface area contributed by atoms with E-state index in [1.165, 1.54) is 0 Å². The molecule has 6 atom stereocenters. The van der Waals surface area contributed by atoms with E-state index in [0.717, 1.165) is 41.7 Å². The Morgan fingerprint density at radius 3 is 2.00 bits per heavy atom. The third kappa shape index (κ3) is 8.45. The molecule has 0 bridgehead atoms. The number of alkyl halides is 1. The molecule has 192 valence electrons. The van der Waals surface area contributed by atoms with Crippen molar-refractivity contribution in [1.82, 2.24) is 5.32 Å². The van der Waals surface area contributed by atoms with Crippen molar-refractivity contribution in [3.05, 3.63) is 0 Å². The number of amides is 1. The number of rotatable bonds is 9. The summed E-state index contributed by atoms with van der Waals surface area (Å²) in [5.74, 6) is -4.87. The van der Waals surface area contributed by atoms with Crippen molar-refractivity contribution < 1.29 is 57.2 Å². The summed E-state index contributed by atoms with van der Waals surface area (Å²) >= 11 is 6.38. The highest BCUT2D eigenvalue weighted by molar-refractivity contribution is 6.32. The topological polar surface area (TPSA) is 170 Å². The van der Waals surface area contributed by atoms with Crippen LogP contribution in [0.25, 0.3) is 0 Å². The van der Waals surface area contributed by atoms with E-state index in [1.54, 1.807) is 0 Å². The molecule has 1 fully saturated rings. The van der Waals surface area contributed by atoms with E-state index in [9.17, 15) is 28.8 Å². The summed E-state index contributed by atoms with van der Waals surface area (Å²) in [5.41, 5.74) is 0. The first-order valence-electron chi connectivity index (χ1n) is 10.1. The molecule has 0 radical (unpaired) electrons. The summed E-state index contributed by atoms with van der Waals surface area (Å²) in [7, 11) is 1.04. The Morgan fingerprint density at radius 2 is 1.56 bits per heavy atom. The van der Waals surface area contributed by atoms with Gasteiger partial charge in [0, 0.05) is 41.0 Å². The Kier molecular flexibility index (Phi) is 10.7. The predicted molar refractivity (Wildman–Crippen MR) is 111 cm³/mol. The van der Waals surface area contributed by atoms with E-state index >= 15 is 0 Å². The molecule has 0 aromatic carbocycles. The van der Waals surface area contributed by atoms with Crippen LogP contribution in [0.1, 0.15) is 41.0 Å². The zero-order chi connectivity index (χ0) is 26.2. The molecule has 0 aromatic heterocycles. The number of carbonyl (C=O) groups excluding carboxylic acids is 6. The van der Waals surface area contributed by atoms with Gasteiger partial charge < -0.3 is 33.7 Å². The fourth-order valence-electron chi connectivity index (χ4n) is 3.38. The SMILES string of the molecule is COC(=O)C1(Cl)CC(OC(C)=O)C(NC(C)=O)C([C@@H](OC(C)=O)[C@H](COC(C)=O)OC(C)=O)O1. The number of hydrogen-bond donors (Lipinski definition) is 1. The maximum atomic E-state index is 12.4. The number of esters is 5. The first-order chi connectivity index (χ1) is 15.7. The van der Waals surface area contributed by atoms with Crippen molar-refractivity contribution in [2.45, 2.75) is 76.6 Å². The molecule has 1 heterocycles. The molecule has 1 aliphatic heterocycles. The summed E-state index contributed by atoms with van der Waals surface area (Å²) in [6, 6.07) is -1.24. The highest BCUT2D eigenvalue weighted by Crippen LogP contribution is 2.38. The van der Waals surface area contributed by atoms with Crippen molar-refractivity contribution in [3.8, 4) is 0 Å². The van der Waals surface area contributed by atoms with Crippen LogP contribution >= 0.6 is 11.6 Å². The molecule has 0 aromatic rings. The standard InChI is InChI=1S/C20H28ClNO12/c1-9(23)22-16-14(31-11(3)25)7-20(21,19(28)29-6)34-18(16)17(33-13(5)27)15(32-12(4)26)8-30-10(2)24/h14-18H,7-8H2,1-6H3,(H,22,23)/t14?,15-,16?,17-,18?,20?/m0/s1. The molecular formula is C20H28ClNO12. The van der Waals surface area contributed by atoms with E-state index in [4.69, 9.17) is 35.3 Å². The number of ether oxygens (including phenoxy) is 6. The van der Waals surface area contributed by atoms with E-state index < -0.39 is 84.3 Å². The number of carbonyl (C=O) groups is 6. The summed E-state index contributed by atoms with van der Waals surface area (Å²) in [6.07, 6.45) is -6.29. The first-order valence-corrected chi connectivity index (χ1v) is 10.4. The summed E-state index contributed by atoms with van der Waals surface area (Å²) in [6.45, 7) is 4.87. The molecule has 34 heavy (non-hydrogen) atoms. The molecule has 1 rings (SSSR count). The van der Waals surface area contributed by atoms with E-state index in [0.29, 0.717) is 0 Å². The molecule has 1 amide bonds. The lowest BCUT2D eigenvalue weighted by molar-refractivity contribution is -0.225. The summed E-state index contributed by atoms with van der Waals surface area (Å²) in [4.78, 5) is 71.2. The minimum absolute atomic E-state index is 0.447. The van der Waals surface area contributed by atoms with Crippen LogP contribution in [0.15, 0.2) is 0 Å². The highest BCUT2D eigenvalue weighted by atomic mass is 35.5. The number of nitrogens with one attached hydrogen (secondary N) is 1. The average Bonchev–Trinajstić information content (AvgIpc) is 2.69. The van der Waals surface area contributed by atoms with Gasteiger partial charge in [0.15, 0.2) is 12.2 Å². The van der Waals surface area contributed by atoms with Gasteiger partial charge in [0.2, 0.25) is 11.0 Å². The third-order valence-electron chi connectivity index (χ3n) is 4.48. The van der Waals surface area contributed by atoms with Gasteiger partial charge in [0.25, 0.3) is 0 Å². The van der Waals surface area contributed by atoms with Crippen molar-refractivity contribution in [3.63, 3.8) is 0 Å². The van der Waals surface area contributed by atoms with Crippen LogP contribution in [0.5, 0.6) is 0 Å². The van der Waals surface area contributed by atoms with Gasteiger partial charge in [-0.2, -0.15) is 0 Å². The minimum Gasteiger partial charge on any atom is -0.466 e. The van der Waals surface area contributed by atoms with Gasteiger partial charge in [-0.25, -0.2) is 4.79 Å². The van der Waals surface area contributed by atoms with E-state index in [2.05, 4.69) is 10.1 Å². The Hall–Kier alpha value is -2.93. The second-order valence-electron chi connectivity index (χ2n) is 7.41. The largest absolute Gasteiger partial charge is 0.466 e. The lowest BCUT2D eigenvalue weighted by Gasteiger charge is -2.46. The van der Waals surface area contributed by atoms with Crippen LogP contribution in [-0.4, -0.2) is 85.0 Å². The van der Waals surface area contributed by atoms with Gasteiger partial charge in [0.1, 0.15) is 18.8 Å². The number of hydrogen-bond acceptors (Lipinski definition) is 12. The van der Waals surface area contributed by atoms with E-state index in [-0.39, 0.29) is 0 Å². The second kappa shape index (κ2) is 12.5. The number of halogens is 1. The molecule has 0 aliphatic carbocycles. The van der Waals surface area contributed by atoms with Crippen LogP contribution in [0.4, 0.5) is 0 Å². The molecule has 4 unspecified atom stereocenters. The van der Waals surface area contributed by atoms with Crippen molar-refractivity contribution in [2.75, 3.05) is 13.7 Å². The quantitative estimate of drug-likeness (QED) is 0.246. The monoisotopic (exact) mass is 509 g/mol. The van der Waals surface area contributed by atoms with Gasteiger partial charge in [-0.15, -0.1) is 0 Å². The molecule has 0 spiro atoms. The van der Waals surface area contributed by atoms with Gasteiger partial charge in [-0.3, -0.25) is 24.0 Å². The molecule has 14 heteroatoms. The van der Waals surface area contributed by atoms with Crippen LogP contribution in [0.3, 0.4) is 0 Å². The van der Waals surface area contributed by atoms with Crippen molar-refractivity contribution in [1.29, 1.82) is 0 Å². The number of methoxy groups -OCH3 is 1. The van der Waals surface area contributed by atoms with Crippen LogP contribution in [0, 0.1) is 0 Å². The Labute approximate surface area is 200 Å². The first kappa shape index (κ1) is 29.1. The Morgan fingerprint density at radius 1 is 0.971 bits per heavy atom. The van der Waals surface area contributed by atoms with Gasteiger partial charge in [-0.1, -0.05) is 11.6 Å². The van der Waals surface area contributed by atoms with Crippen molar-refractivity contribution in [2.24, 2.45) is 0 Å². The second-order valence-corrected chi connectivity index (χ2v) is 8.02. The molecule has 1 saturated heterocycles. The molecule has 0 saturated carbocycles. The lowest BCUT2D eigenvalue weighted by atomic mass is 9.89. The van der Waals surface area contributed by atoms with Crippen molar-refractivity contribution >= 4 is 47.4 Å². The highest BCUT2D eigenvalue weighted by Gasteiger charge is 2.57. The molecule has 13 nitrogen and oxygen atoms in total. The fraction of sp³-hybridized carbons (Fsp3) is 0.700. The van der Waals surface area contributed by atoms with Gasteiger partial charge in [0.05, 0.1) is 13.2 Å². The Balaban J connectivity index is 3.64. The van der Waals surface area contributed by atoms with E-state index in [1.807, 2.05) is 0 Å².